The number of carbonyl (C=O) groups excluding carboxylic acids is 1. The minimum absolute atomic E-state index is 0.0877. The zero-order valence-electron chi connectivity index (χ0n) is 17.1. The lowest BCUT2D eigenvalue weighted by Crippen LogP contribution is -2.56. The van der Waals surface area contributed by atoms with Crippen LogP contribution in [-0.4, -0.2) is 65.9 Å². The number of rotatable bonds is 4. The fraction of sp³-hybridized carbons (Fsp3) is 0.684. The molecule has 0 unspecified atom stereocenters. The van der Waals surface area contributed by atoms with Crippen molar-refractivity contribution in [2.75, 3.05) is 36.1 Å². The molecule has 1 aromatic heterocycles. The summed E-state index contributed by atoms with van der Waals surface area (Å²) in [5.74, 6) is -0.734. The summed E-state index contributed by atoms with van der Waals surface area (Å²) >= 11 is 0. The number of alkyl halides is 3. The number of fused-ring (bicyclic) bond motifs is 1. The van der Waals surface area contributed by atoms with E-state index in [1.54, 1.807) is 0 Å². The molecule has 2 atom stereocenters. The van der Waals surface area contributed by atoms with E-state index in [1.807, 2.05) is 11.8 Å². The first-order valence-electron chi connectivity index (χ1n) is 10.3. The minimum atomic E-state index is -4.58. The normalized spacial score (nSPS) is 24.0. The van der Waals surface area contributed by atoms with E-state index in [2.05, 4.69) is 10.3 Å². The molecule has 3 aliphatic rings. The number of hydrogen-bond acceptors (Lipinski definition) is 7. The molecule has 1 saturated carbocycles. The Morgan fingerprint density at radius 1 is 1.32 bits per heavy atom. The molecule has 0 spiro atoms. The highest BCUT2D eigenvalue weighted by Crippen LogP contribution is 2.34. The third-order valence-electron chi connectivity index (χ3n) is 5.82. The molecule has 1 amide bonds. The van der Waals surface area contributed by atoms with Gasteiger partial charge in [-0.1, -0.05) is 0 Å². The SMILES string of the molecule is C[C@@H]1COCCN1c1cc(=O)n2c(n1)N(CC(=N)NC(=O)C1CC1)[C@H](C(F)(F)F)CC2. The summed E-state index contributed by atoms with van der Waals surface area (Å²) in [6.07, 6.45) is -3.48. The Hall–Kier alpha value is -2.63. The third kappa shape index (κ3) is 4.53. The maximum atomic E-state index is 13.8. The van der Waals surface area contributed by atoms with Crippen LogP contribution in [0.2, 0.25) is 0 Å². The van der Waals surface area contributed by atoms with Gasteiger partial charge in [0.15, 0.2) is 0 Å². The molecular weight excluding hydrogens is 417 g/mol. The van der Waals surface area contributed by atoms with Crippen LogP contribution in [0.25, 0.3) is 0 Å². The van der Waals surface area contributed by atoms with Gasteiger partial charge in [0.25, 0.3) is 5.56 Å². The average Bonchev–Trinajstić information content (AvgIpc) is 3.53. The van der Waals surface area contributed by atoms with Gasteiger partial charge < -0.3 is 19.9 Å². The molecule has 1 aliphatic carbocycles. The standard InChI is InChI=1S/C19H25F3N6O3/c1-11-10-31-7-6-26(11)15-8-16(29)27-5-4-13(19(20,21)22)28(18(27)25-15)9-14(23)24-17(30)12-2-3-12/h8,11-13H,2-7,9-10H2,1H3,(H2,23,24,30)/t11-,13+/m1/s1. The van der Waals surface area contributed by atoms with E-state index in [4.69, 9.17) is 10.1 Å². The number of carbonyl (C=O) groups is 1. The van der Waals surface area contributed by atoms with Crippen molar-refractivity contribution >= 4 is 23.5 Å². The number of morpholine rings is 1. The predicted octanol–water partition coefficient (Wildman–Crippen LogP) is 1.11. The Bertz CT molecular complexity index is 929. The highest BCUT2D eigenvalue weighted by Gasteiger charge is 2.47. The second kappa shape index (κ2) is 8.13. The van der Waals surface area contributed by atoms with Gasteiger partial charge in [0.2, 0.25) is 11.9 Å². The number of amides is 1. The average molecular weight is 442 g/mol. The van der Waals surface area contributed by atoms with E-state index >= 15 is 0 Å². The molecule has 2 fully saturated rings. The number of anilines is 2. The first-order chi connectivity index (χ1) is 14.6. The quantitative estimate of drug-likeness (QED) is 0.535. The maximum absolute atomic E-state index is 13.8. The van der Waals surface area contributed by atoms with Gasteiger partial charge in [-0.2, -0.15) is 18.2 Å². The predicted molar refractivity (Wildman–Crippen MR) is 107 cm³/mol. The first kappa shape index (κ1) is 21.6. The molecule has 1 saturated heterocycles. The van der Waals surface area contributed by atoms with Crippen LogP contribution in [0.5, 0.6) is 0 Å². The number of nitrogens with one attached hydrogen (secondary N) is 2. The molecule has 9 nitrogen and oxygen atoms in total. The van der Waals surface area contributed by atoms with Crippen molar-refractivity contribution in [3.05, 3.63) is 16.4 Å². The molecule has 0 radical (unpaired) electrons. The van der Waals surface area contributed by atoms with Gasteiger partial charge in [-0.05, 0) is 26.2 Å². The smallest absolute Gasteiger partial charge is 0.377 e. The molecule has 0 aromatic carbocycles. The second-order valence-corrected chi connectivity index (χ2v) is 8.24. The van der Waals surface area contributed by atoms with Crippen molar-refractivity contribution in [1.82, 2.24) is 14.9 Å². The van der Waals surface area contributed by atoms with Crippen LogP contribution in [0.1, 0.15) is 26.2 Å². The van der Waals surface area contributed by atoms with Crippen LogP contribution in [0, 0.1) is 11.3 Å². The second-order valence-electron chi connectivity index (χ2n) is 8.24. The number of nitrogens with zero attached hydrogens (tertiary/aromatic N) is 4. The van der Waals surface area contributed by atoms with Crippen molar-refractivity contribution in [2.45, 2.75) is 51.0 Å². The summed E-state index contributed by atoms with van der Waals surface area (Å²) in [5, 5.41) is 10.4. The molecule has 31 heavy (non-hydrogen) atoms. The largest absolute Gasteiger partial charge is 0.408 e. The lowest BCUT2D eigenvalue weighted by molar-refractivity contribution is -0.152. The van der Waals surface area contributed by atoms with Gasteiger partial charge in [0.05, 0.1) is 25.8 Å². The molecule has 1 aromatic rings. The summed E-state index contributed by atoms with van der Waals surface area (Å²) in [6, 6.07) is -0.664. The number of ether oxygens (including phenoxy) is 1. The Morgan fingerprint density at radius 3 is 2.71 bits per heavy atom. The third-order valence-corrected chi connectivity index (χ3v) is 5.82. The number of amidine groups is 1. The first-order valence-corrected chi connectivity index (χ1v) is 10.3. The lowest BCUT2D eigenvalue weighted by Gasteiger charge is -2.40. The van der Waals surface area contributed by atoms with Gasteiger partial charge in [0, 0.05) is 25.1 Å². The Labute approximate surface area is 176 Å². The molecule has 2 aliphatic heterocycles. The van der Waals surface area contributed by atoms with E-state index in [0.29, 0.717) is 19.8 Å². The fourth-order valence-corrected chi connectivity index (χ4v) is 4.00. The van der Waals surface area contributed by atoms with E-state index in [0.717, 1.165) is 17.7 Å². The summed E-state index contributed by atoms with van der Waals surface area (Å²) in [6.45, 7) is 2.58. The van der Waals surface area contributed by atoms with Gasteiger partial charge in [-0.25, -0.2) is 0 Å². The molecular formula is C19H25F3N6O3. The summed E-state index contributed by atoms with van der Waals surface area (Å²) in [5.41, 5.74) is -0.446. The Kier molecular flexibility index (Phi) is 5.67. The highest BCUT2D eigenvalue weighted by atomic mass is 19.4. The number of aromatic nitrogens is 2. The summed E-state index contributed by atoms with van der Waals surface area (Å²) < 4.78 is 48.0. The number of hydrogen-bond donors (Lipinski definition) is 2. The van der Waals surface area contributed by atoms with Crippen molar-refractivity contribution in [3.8, 4) is 0 Å². The van der Waals surface area contributed by atoms with Crippen molar-refractivity contribution in [1.29, 1.82) is 5.41 Å². The van der Waals surface area contributed by atoms with Crippen LogP contribution in [-0.2, 0) is 16.1 Å². The zero-order chi connectivity index (χ0) is 22.3. The summed E-state index contributed by atoms with van der Waals surface area (Å²) in [7, 11) is 0. The van der Waals surface area contributed by atoms with Crippen molar-refractivity contribution in [3.63, 3.8) is 0 Å². The Balaban J connectivity index is 1.67. The van der Waals surface area contributed by atoms with Crippen LogP contribution < -0.4 is 20.7 Å². The molecule has 0 bridgehead atoms. The van der Waals surface area contributed by atoms with Gasteiger partial charge in [-0.3, -0.25) is 19.6 Å². The fourth-order valence-electron chi connectivity index (χ4n) is 4.00. The van der Waals surface area contributed by atoms with Crippen LogP contribution in [0.3, 0.4) is 0 Å². The van der Waals surface area contributed by atoms with Gasteiger partial charge in [0.1, 0.15) is 17.7 Å². The number of halogens is 3. The maximum Gasteiger partial charge on any atom is 0.408 e. The highest BCUT2D eigenvalue weighted by molar-refractivity contribution is 6.00. The van der Waals surface area contributed by atoms with Crippen LogP contribution in [0.4, 0.5) is 24.9 Å². The van der Waals surface area contributed by atoms with E-state index in [-0.39, 0.29) is 48.4 Å². The van der Waals surface area contributed by atoms with E-state index in [9.17, 15) is 22.8 Å². The van der Waals surface area contributed by atoms with Gasteiger partial charge in [-0.15, -0.1) is 0 Å². The lowest BCUT2D eigenvalue weighted by atomic mass is 10.1. The topological polar surface area (TPSA) is 104 Å². The molecule has 12 heteroatoms. The van der Waals surface area contributed by atoms with Gasteiger partial charge >= 0.3 is 6.18 Å². The van der Waals surface area contributed by atoms with Crippen LogP contribution in [0.15, 0.2) is 10.9 Å². The molecule has 3 heterocycles. The monoisotopic (exact) mass is 442 g/mol. The van der Waals surface area contributed by atoms with Crippen LogP contribution >= 0.6 is 0 Å². The van der Waals surface area contributed by atoms with E-state index in [1.165, 1.54) is 10.6 Å². The van der Waals surface area contributed by atoms with E-state index < -0.39 is 24.3 Å². The zero-order valence-corrected chi connectivity index (χ0v) is 17.1. The summed E-state index contributed by atoms with van der Waals surface area (Å²) in [4.78, 5) is 31.9. The van der Waals surface area contributed by atoms with Crippen molar-refractivity contribution < 1.29 is 22.7 Å². The Morgan fingerprint density at radius 2 is 2.06 bits per heavy atom. The van der Waals surface area contributed by atoms with Crippen molar-refractivity contribution in [2.24, 2.45) is 5.92 Å². The molecule has 170 valence electrons. The molecule has 2 N–H and O–H groups in total. The molecule has 4 rings (SSSR count). The minimum Gasteiger partial charge on any atom is -0.377 e.